The molecule has 6 nitrogen and oxygen atoms in total. The molecule has 2 aromatic rings. The summed E-state index contributed by atoms with van der Waals surface area (Å²) in [5.41, 5.74) is 7.82. The van der Waals surface area contributed by atoms with Gasteiger partial charge in [-0.25, -0.2) is 4.98 Å². The first-order valence-electron chi connectivity index (χ1n) is 5.16. The van der Waals surface area contributed by atoms with Crippen LogP contribution in [-0.4, -0.2) is 31.2 Å². The van der Waals surface area contributed by atoms with E-state index in [2.05, 4.69) is 15.0 Å². The zero-order valence-electron chi connectivity index (χ0n) is 8.84. The molecule has 0 spiro atoms. The topological polar surface area (TPSA) is 89.8 Å². The standard InChI is InChI=1S/C10H10ClN5O/c11-8-7-9(15-10(12)14-8)16(4-13-7)2-5-1-6(5)3-17/h2,4,6,17H,1,3H2,(H2,12,14,15)/b5-2+/t6-/m1/s1. The molecule has 17 heavy (non-hydrogen) atoms. The van der Waals surface area contributed by atoms with Crippen LogP contribution in [0.25, 0.3) is 17.4 Å². The van der Waals surface area contributed by atoms with Gasteiger partial charge in [-0.1, -0.05) is 11.6 Å². The third kappa shape index (κ3) is 1.75. The zero-order chi connectivity index (χ0) is 12.0. The van der Waals surface area contributed by atoms with E-state index in [4.69, 9.17) is 22.4 Å². The maximum atomic E-state index is 8.97. The minimum atomic E-state index is 0.122. The summed E-state index contributed by atoms with van der Waals surface area (Å²) in [5, 5.41) is 9.22. The predicted octanol–water partition coefficient (Wildman–Crippen LogP) is 0.915. The van der Waals surface area contributed by atoms with Gasteiger partial charge in [0, 0.05) is 18.7 Å². The van der Waals surface area contributed by atoms with E-state index in [1.54, 1.807) is 10.9 Å². The second kappa shape index (κ2) is 3.68. The van der Waals surface area contributed by atoms with Gasteiger partial charge >= 0.3 is 0 Å². The summed E-state index contributed by atoms with van der Waals surface area (Å²) >= 11 is 5.92. The number of aliphatic hydroxyl groups excluding tert-OH is 1. The van der Waals surface area contributed by atoms with Crippen LogP contribution in [-0.2, 0) is 0 Å². The van der Waals surface area contributed by atoms with Gasteiger partial charge in [-0.05, 0) is 12.0 Å². The van der Waals surface area contributed by atoms with E-state index in [0.717, 1.165) is 6.42 Å². The Balaban J connectivity index is 2.09. The molecule has 2 aromatic heterocycles. The molecular weight excluding hydrogens is 242 g/mol. The summed E-state index contributed by atoms with van der Waals surface area (Å²) in [7, 11) is 0. The molecule has 0 amide bonds. The highest BCUT2D eigenvalue weighted by Gasteiger charge is 2.28. The highest BCUT2D eigenvalue weighted by molar-refractivity contribution is 6.33. The fourth-order valence-corrected chi connectivity index (χ4v) is 1.96. The fraction of sp³-hybridized carbons (Fsp3) is 0.300. The van der Waals surface area contributed by atoms with Crippen molar-refractivity contribution in [3.05, 3.63) is 17.1 Å². The average molecular weight is 252 g/mol. The van der Waals surface area contributed by atoms with E-state index in [1.165, 1.54) is 5.57 Å². The molecule has 1 atom stereocenters. The van der Waals surface area contributed by atoms with Crippen molar-refractivity contribution in [1.29, 1.82) is 0 Å². The van der Waals surface area contributed by atoms with Gasteiger partial charge in [-0.3, -0.25) is 4.57 Å². The van der Waals surface area contributed by atoms with E-state index < -0.39 is 0 Å². The van der Waals surface area contributed by atoms with Crippen molar-refractivity contribution in [2.24, 2.45) is 5.92 Å². The molecule has 0 aromatic carbocycles. The number of hydrogen-bond donors (Lipinski definition) is 2. The Bertz CT molecular complexity index is 620. The molecule has 88 valence electrons. The van der Waals surface area contributed by atoms with Gasteiger partial charge in [0.1, 0.15) is 11.8 Å². The second-order valence-corrected chi connectivity index (χ2v) is 4.34. The number of hydrogen-bond acceptors (Lipinski definition) is 5. The molecule has 7 heteroatoms. The van der Waals surface area contributed by atoms with Crippen molar-refractivity contribution in [2.45, 2.75) is 6.42 Å². The molecule has 1 saturated carbocycles. The van der Waals surface area contributed by atoms with Crippen molar-refractivity contribution in [3.8, 4) is 0 Å². The quantitative estimate of drug-likeness (QED) is 0.775. The number of nitrogen functional groups attached to an aromatic ring is 1. The fourth-order valence-electron chi connectivity index (χ4n) is 1.74. The number of aliphatic hydroxyl groups is 1. The lowest BCUT2D eigenvalue weighted by atomic mass is 10.4. The SMILES string of the molecule is Nc1nc(Cl)c2ncn(/C=C3\C[C@@H]3CO)c2n1. The summed E-state index contributed by atoms with van der Waals surface area (Å²) in [6.45, 7) is 0.177. The molecule has 2 heterocycles. The number of nitrogens with two attached hydrogens (primary N) is 1. The highest BCUT2D eigenvalue weighted by Crippen LogP contribution is 2.37. The lowest BCUT2D eigenvalue weighted by Gasteiger charge is -1.97. The Labute approximate surface area is 102 Å². The van der Waals surface area contributed by atoms with E-state index in [0.29, 0.717) is 11.2 Å². The molecule has 1 aliphatic carbocycles. The van der Waals surface area contributed by atoms with Crippen LogP contribution in [0.3, 0.4) is 0 Å². The van der Waals surface area contributed by atoms with Crippen molar-refractivity contribution in [2.75, 3.05) is 12.3 Å². The number of nitrogens with zero attached hydrogens (tertiary/aromatic N) is 4. The van der Waals surface area contributed by atoms with Crippen LogP contribution in [0, 0.1) is 5.92 Å². The van der Waals surface area contributed by atoms with Crippen molar-refractivity contribution in [3.63, 3.8) is 0 Å². The maximum Gasteiger partial charge on any atom is 0.223 e. The van der Waals surface area contributed by atoms with E-state index >= 15 is 0 Å². The monoisotopic (exact) mass is 251 g/mol. The Morgan fingerprint density at radius 2 is 2.41 bits per heavy atom. The molecule has 1 aliphatic rings. The van der Waals surface area contributed by atoms with Crippen LogP contribution < -0.4 is 5.73 Å². The molecule has 0 unspecified atom stereocenters. The summed E-state index contributed by atoms with van der Waals surface area (Å²) in [5.74, 6) is 0.388. The van der Waals surface area contributed by atoms with Crippen LogP contribution in [0.15, 0.2) is 11.9 Å². The van der Waals surface area contributed by atoms with Gasteiger partial charge in [0.2, 0.25) is 5.95 Å². The lowest BCUT2D eigenvalue weighted by Crippen LogP contribution is -1.97. The number of anilines is 1. The molecule has 1 fully saturated rings. The van der Waals surface area contributed by atoms with Crippen LogP contribution in [0.4, 0.5) is 5.95 Å². The normalized spacial score (nSPS) is 21.3. The first kappa shape index (κ1) is 10.5. The van der Waals surface area contributed by atoms with Gasteiger partial charge in [-0.15, -0.1) is 0 Å². The summed E-state index contributed by atoms with van der Waals surface area (Å²) in [4.78, 5) is 12.1. The zero-order valence-corrected chi connectivity index (χ0v) is 9.59. The molecule has 0 bridgehead atoms. The maximum absolute atomic E-state index is 8.97. The molecule has 3 rings (SSSR count). The second-order valence-electron chi connectivity index (χ2n) is 3.98. The first-order chi connectivity index (χ1) is 8.19. The molecule has 0 aliphatic heterocycles. The molecule has 0 saturated heterocycles. The van der Waals surface area contributed by atoms with Gasteiger partial charge in [0.15, 0.2) is 10.8 Å². The van der Waals surface area contributed by atoms with Gasteiger partial charge in [-0.2, -0.15) is 9.97 Å². The summed E-state index contributed by atoms with van der Waals surface area (Å²) in [6.07, 6.45) is 4.42. The number of imidazole rings is 1. The molecular formula is C10H10ClN5O. The average Bonchev–Trinajstić information content (AvgIpc) is 2.92. The summed E-state index contributed by atoms with van der Waals surface area (Å²) in [6, 6.07) is 0. The first-order valence-corrected chi connectivity index (χ1v) is 5.54. The smallest absolute Gasteiger partial charge is 0.223 e. The van der Waals surface area contributed by atoms with Gasteiger partial charge in [0.25, 0.3) is 0 Å². The number of halogens is 1. The molecule has 0 radical (unpaired) electrons. The largest absolute Gasteiger partial charge is 0.396 e. The van der Waals surface area contributed by atoms with Crippen LogP contribution in [0.1, 0.15) is 6.42 Å². The molecule has 3 N–H and O–H groups in total. The lowest BCUT2D eigenvalue weighted by molar-refractivity contribution is 0.281. The highest BCUT2D eigenvalue weighted by atomic mass is 35.5. The Hall–Kier alpha value is -1.66. The Morgan fingerprint density at radius 3 is 3.12 bits per heavy atom. The Morgan fingerprint density at radius 1 is 1.59 bits per heavy atom. The van der Waals surface area contributed by atoms with Crippen molar-refractivity contribution in [1.82, 2.24) is 19.5 Å². The van der Waals surface area contributed by atoms with Crippen LogP contribution >= 0.6 is 11.6 Å². The van der Waals surface area contributed by atoms with E-state index in [-0.39, 0.29) is 23.6 Å². The number of rotatable bonds is 2. The van der Waals surface area contributed by atoms with E-state index in [9.17, 15) is 0 Å². The third-order valence-electron chi connectivity index (χ3n) is 2.77. The van der Waals surface area contributed by atoms with E-state index in [1.807, 2.05) is 6.20 Å². The summed E-state index contributed by atoms with van der Waals surface area (Å²) < 4.78 is 1.75. The van der Waals surface area contributed by atoms with Crippen LogP contribution in [0.5, 0.6) is 0 Å². The van der Waals surface area contributed by atoms with Crippen LogP contribution in [0.2, 0.25) is 5.15 Å². The van der Waals surface area contributed by atoms with Gasteiger partial charge < -0.3 is 10.8 Å². The predicted molar refractivity (Wildman–Crippen MR) is 64.2 cm³/mol. The number of fused-ring (bicyclic) bond motifs is 1. The Kier molecular flexibility index (Phi) is 2.27. The van der Waals surface area contributed by atoms with Gasteiger partial charge in [0.05, 0.1) is 0 Å². The van der Waals surface area contributed by atoms with Crippen molar-refractivity contribution < 1.29 is 5.11 Å². The van der Waals surface area contributed by atoms with Crippen molar-refractivity contribution >= 4 is 34.9 Å². The number of aromatic nitrogens is 4. The minimum Gasteiger partial charge on any atom is -0.396 e. The minimum absolute atomic E-state index is 0.122. The third-order valence-corrected chi connectivity index (χ3v) is 3.03.